The van der Waals surface area contributed by atoms with Crippen molar-refractivity contribution in [2.24, 2.45) is 0 Å². The van der Waals surface area contributed by atoms with Crippen molar-refractivity contribution in [3.05, 3.63) is 36.1 Å². The van der Waals surface area contributed by atoms with Crippen LogP contribution in [0.1, 0.15) is 26.5 Å². The lowest BCUT2D eigenvalue weighted by atomic mass is 10.4. The Bertz CT molecular complexity index is 252. The Morgan fingerprint density at radius 1 is 1.62 bits per heavy atom. The van der Waals surface area contributed by atoms with Crippen molar-refractivity contribution >= 4 is 16.7 Å². The van der Waals surface area contributed by atoms with E-state index in [-0.39, 0.29) is 0 Å². The predicted molar refractivity (Wildman–Crippen MR) is 59.3 cm³/mol. The van der Waals surface area contributed by atoms with Crippen molar-refractivity contribution in [3.63, 3.8) is 0 Å². The van der Waals surface area contributed by atoms with Crippen LogP contribution in [0.2, 0.25) is 0 Å². The molecule has 0 fully saturated rings. The van der Waals surface area contributed by atoms with Gasteiger partial charge in [-0.25, -0.2) is 0 Å². The molecule has 1 heterocycles. The SMILES string of the molecule is C=CS/C(=C\C)c1ccon1.CC. The van der Waals surface area contributed by atoms with E-state index in [1.54, 1.807) is 11.7 Å². The molecular weight excluding hydrogens is 182 g/mol. The maximum atomic E-state index is 4.71. The van der Waals surface area contributed by atoms with E-state index < -0.39 is 0 Å². The van der Waals surface area contributed by atoms with Crippen LogP contribution in [0.3, 0.4) is 0 Å². The van der Waals surface area contributed by atoms with Crippen LogP contribution in [0.25, 0.3) is 4.91 Å². The molecule has 0 atom stereocenters. The Kier molecular flexibility index (Phi) is 7.11. The molecule has 0 amide bonds. The Morgan fingerprint density at radius 2 is 2.31 bits per heavy atom. The molecule has 0 N–H and O–H groups in total. The second-order valence-electron chi connectivity index (χ2n) is 1.82. The number of aromatic nitrogens is 1. The molecule has 1 aromatic rings. The number of nitrogens with zero attached hydrogens (tertiary/aromatic N) is 1. The zero-order valence-electron chi connectivity index (χ0n) is 8.28. The molecule has 0 spiro atoms. The minimum Gasteiger partial charge on any atom is -0.364 e. The molecule has 1 rings (SSSR count). The third-order valence-electron chi connectivity index (χ3n) is 1.16. The minimum absolute atomic E-state index is 0.859. The van der Waals surface area contributed by atoms with Crippen LogP contribution < -0.4 is 0 Å². The molecule has 0 unspecified atom stereocenters. The molecule has 72 valence electrons. The van der Waals surface area contributed by atoms with E-state index in [0.29, 0.717) is 0 Å². The van der Waals surface area contributed by atoms with Gasteiger partial charge < -0.3 is 4.52 Å². The Balaban J connectivity index is 0.000000671. The van der Waals surface area contributed by atoms with Gasteiger partial charge in [0.25, 0.3) is 0 Å². The summed E-state index contributed by atoms with van der Waals surface area (Å²) in [5.74, 6) is 0. The first-order chi connectivity index (χ1) is 6.38. The first-order valence-electron chi connectivity index (χ1n) is 4.23. The number of hydrogen-bond donors (Lipinski definition) is 0. The van der Waals surface area contributed by atoms with Crippen LogP contribution in [-0.2, 0) is 0 Å². The van der Waals surface area contributed by atoms with E-state index in [2.05, 4.69) is 11.7 Å². The monoisotopic (exact) mass is 197 g/mol. The molecule has 0 aliphatic heterocycles. The molecule has 2 nitrogen and oxygen atoms in total. The highest BCUT2D eigenvalue weighted by atomic mass is 32.2. The second kappa shape index (κ2) is 7.68. The topological polar surface area (TPSA) is 26.0 Å². The average molecular weight is 197 g/mol. The molecule has 0 radical (unpaired) electrons. The van der Waals surface area contributed by atoms with Crippen molar-refractivity contribution in [1.82, 2.24) is 5.16 Å². The summed E-state index contributed by atoms with van der Waals surface area (Å²) in [6, 6.07) is 1.83. The van der Waals surface area contributed by atoms with Crippen LogP contribution in [0.15, 0.2) is 34.9 Å². The molecule has 0 saturated heterocycles. The van der Waals surface area contributed by atoms with Gasteiger partial charge in [-0.3, -0.25) is 0 Å². The third-order valence-corrected chi connectivity index (χ3v) is 2.03. The van der Waals surface area contributed by atoms with Gasteiger partial charge in [-0.2, -0.15) is 0 Å². The molecule has 1 aromatic heterocycles. The Morgan fingerprint density at radius 3 is 2.69 bits per heavy atom. The highest BCUT2D eigenvalue weighted by Crippen LogP contribution is 2.25. The quantitative estimate of drug-likeness (QED) is 0.734. The first kappa shape index (κ1) is 12.0. The lowest BCUT2D eigenvalue weighted by Crippen LogP contribution is -1.75. The van der Waals surface area contributed by atoms with E-state index in [0.717, 1.165) is 10.6 Å². The third kappa shape index (κ3) is 3.99. The normalized spacial score (nSPS) is 10.2. The average Bonchev–Trinajstić information content (AvgIpc) is 2.70. The zero-order valence-corrected chi connectivity index (χ0v) is 9.10. The summed E-state index contributed by atoms with van der Waals surface area (Å²) in [6.45, 7) is 9.58. The van der Waals surface area contributed by atoms with Gasteiger partial charge in [0.15, 0.2) is 0 Å². The summed E-state index contributed by atoms with van der Waals surface area (Å²) in [6.07, 6.45) is 3.53. The van der Waals surface area contributed by atoms with Crippen molar-refractivity contribution < 1.29 is 4.52 Å². The van der Waals surface area contributed by atoms with E-state index in [4.69, 9.17) is 4.52 Å². The molecular formula is C10H15NOS. The van der Waals surface area contributed by atoms with Crippen LogP contribution in [0, 0.1) is 0 Å². The van der Waals surface area contributed by atoms with Gasteiger partial charge in [-0.15, -0.1) is 0 Å². The van der Waals surface area contributed by atoms with E-state index in [1.165, 1.54) is 11.8 Å². The maximum absolute atomic E-state index is 4.71. The van der Waals surface area contributed by atoms with Crippen LogP contribution in [-0.4, -0.2) is 5.16 Å². The number of thioether (sulfide) groups is 1. The zero-order chi connectivity index (χ0) is 10.1. The molecule has 0 aromatic carbocycles. The van der Waals surface area contributed by atoms with Gasteiger partial charge in [-0.05, 0) is 12.3 Å². The molecule has 13 heavy (non-hydrogen) atoms. The molecule has 0 aliphatic carbocycles. The largest absolute Gasteiger partial charge is 0.364 e. The smallest absolute Gasteiger partial charge is 0.124 e. The van der Waals surface area contributed by atoms with Crippen LogP contribution in [0.4, 0.5) is 0 Å². The van der Waals surface area contributed by atoms with Crippen molar-refractivity contribution in [2.75, 3.05) is 0 Å². The predicted octanol–water partition coefficient (Wildman–Crippen LogP) is 3.94. The molecule has 3 heteroatoms. The van der Waals surface area contributed by atoms with E-state index >= 15 is 0 Å². The summed E-state index contributed by atoms with van der Waals surface area (Å²) in [5, 5.41) is 5.56. The van der Waals surface area contributed by atoms with Crippen LogP contribution in [0.5, 0.6) is 0 Å². The second-order valence-corrected chi connectivity index (χ2v) is 2.83. The van der Waals surface area contributed by atoms with Crippen molar-refractivity contribution in [3.8, 4) is 0 Å². The van der Waals surface area contributed by atoms with Crippen molar-refractivity contribution in [1.29, 1.82) is 0 Å². The molecule has 0 aliphatic rings. The van der Waals surface area contributed by atoms with Gasteiger partial charge in [-0.1, -0.05) is 43.4 Å². The summed E-state index contributed by atoms with van der Waals surface area (Å²) in [7, 11) is 0. The lowest BCUT2D eigenvalue weighted by Gasteiger charge is -1.94. The maximum Gasteiger partial charge on any atom is 0.124 e. The molecule has 0 bridgehead atoms. The fourth-order valence-corrected chi connectivity index (χ4v) is 1.25. The van der Waals surface area contributed by atoms with Crippen molar-refractivity contribution in [2.45, 2.75) is 20.8 Å². The van der Waals surface area contributed by atoms with Gasteiger partial charge in [0.1, 0.15) is 12.0 Å². The summed E-state index contributed by atoms with van der Waals surface area (Å²) in [4.78, 5) is 1.06. The molecule has 0 saturated carbocycles. The Hall–Kier alpha value is -0.960. The standard InChI is InChI=1S/C8H9NOS.C2H6/c1-3-8(11-4-2)7-5-6-10-9-7;1-2/h3-6H,2H2,1H3;1-2H3/b8-3-;. The number of rotatable bonds is 3. The summed E-state index contributed by atoms with van der Waals surface area (Å²) >= 11 is 1.54. The van der Waals surface area contributed by atoms with Crippen LogP contribution >= 0.6 is 11.8 Å². The summed E-state index contributed by atoms with van der Waals surface area (Å²) < 4.78 is 4.71. The van der Waals surface area contributed by atoms with E-state index in [1.807, 2.05) is 32.9 Å². The van der Waals surface area contributed by atoms with Gasteiger partial charge in [0.2, 0.25) is 0 Å². The fraction of sp³-hybridized carbons (Fsp3) is 0.300. The number of allylic oxidation sites excluding steroid dienone is 1. The first-order valence-corrected chi connectivity index (χ1v) is 5.11. The number of hydrogen-bond acceptors (Lipinski definition) is 3. The summed E-state index contributed by atoms with van der Waals surface area (Å²) in [5.41, 5.74) is 0.859. The highest BCUT2D eigenvalue weighted by Gasteiger charge is 2.01. The van der Waals surface area contributed by atoms with Gasteiger partial charge >= 0.3 is 0 Å². The Labute approximate surface area is 83.7 Å². The highest BCUT2D eigenvalue weighted by molar-refractivity contribution is 8.10. The lowest BCUT2D eigenvalue weighted by molar-refractivity contribution is 0.418. The van der Waals surface area contributed by atoms with Gasteiger partial charge in [0.05, 0.1) is 0 Å². The fourth-order valence-electron chi connectivity index (χ4n) is 0.706. The van der Waals surface area contributed by atoms with E-state index in [9.17, 15) is 0 Å². The minimum atomic E-state index is 0.859. The van der Waals surface area contributed by atoms with Gasteiger partial charge in [0, 0.05) is 11.0 Å².